The van der Waals surface area contributed by atoms with Gasteiger partial charge in [0.1, 0.15) is 0 Å². The summed E-state index contributed by atoms with van der Waals surface area (Å²) in [6.45, 7) is 10.0. The van der Waals surface area contributed by atoms with Crippen molar-refractivity contribution >= 4 is 17.4 Å². The van der Waals surface area contributed by atoms with E-state index in [4.69, 9.17) is 0 Å². The van der Waals surface area contributed by atoms with Gasteiger partial charge < -0.3 is 10.2 Å². The molecule has 0 radical (unpaired) electrons. The Bertz CT molecular complexity index is 870. The van der Waals surface area contributed by atoms with Crippen LogP contribution in [-0.2, 0) is 11.0 Å². The minimum absolute atomic E-state index is 0.0330. The van der Waals surface area contributed by atoms with Crippen molar-refractivity contribution < 1.29 is 18.0 Å². The van der Waals surface area contributed by atoms with Crippen LogP contribution in [0, 0.1) is 13.8 Å². The summed E-state index contributed by atoms with van der Waals surface area (Å²) in [5.41, 5.74) is 1.50. The number of fused-ring (bicyclic) bond motifs is 1. The Labute approximate surface area is 160 Å². The number of hydrogen-bond donors (Lipinski definition) is 1. The number of alkyl halides is 3. The monoisotopic (exact) mass is 399 g/mol. The van der Waals surface area contributed by atoms with Gasteiger partial charge in [-0.3, -0.25) is 9.69 Å². The number of nitrogens with one attached hydrogen (secondary N) is 1. The highest BCUT2D eigenvalue weighted by atomic mass is 19.4. The maximum absolute atomic E-state index is 13.2. The fourth-order valence-electron chi connectivity index (χ4n) is 3.28. The van der Waals surface area contributed by atoms with E-state index in [1.165, 1.54) is 0 Å². The third kappa shape index (κ3) is 4.03. The summed E-state index contributed by atoms with van der Waals surface area (Å²) in [5, 5.41) is 14.0. The number of aryl methyl sites for hydroxylation is 1. The van der Waals surface area contributed by atoms with Crippen molar-refractivity contribution in [2.24, 2.45) is 0 Å². The second-order valence-corrected chi connectivity index (χ2v) is 7.32. The molecule has 0 aromatic carbocycles. The summed E-state index contributed by atoms with van der Waals surface area (Å²) in [6.07, 6.45) is -4.63. The van der Waals surface area contributed by atoms with Gasteiger partial charge in [0.05, 0.1) is 6.54 Å². The predicted molar refractivity (Wildman–Crippen MR) is 97.2 cm³/mol. The van der Waals surface area contributed by atoms with Gasteiger partial charge in [0.15, 0.2) is 11.5 Å². The molecule has 0 bridgehead atoms. The van der Waals surface area contributed by atoms with E-state index >= 15 is 0 Å². The summed E-state index contributed by atoms with van der Waals surface area (Å²) >= 11 is 0. The van der Waals surface area contributed by atoms with Crippen LogP contribution in [0.15, 0.2) is 0 Å². The first-order valence-electron chi connectivity index (χ1n) is 9.14. The summed E-state index contributed by atoms with van der Waals surface area (Å²) in [4.78, 5) is 15.9. The molecule has 0 aliphatic carbocycles. The number of hydrogen-bond acceptors (Lipinski definition) is 6. The van der Waals surface area contributed by atoms with Gasteiger partial charge in [0.25, 0.3) is 5.82 Å². The van der Waals surface area contributed by atoms with Gasteiger partial charge in [0, 0.05) is 43.3 Å². The van der Waals surface area contributed by atoms with Crippen LogP contribution in [-0.4, -0.2) is 69.4 Å². The fourth-order valence-corrected chi connectivity index (χ4v) is 3.28. The Kier molecular flexibility index (Phi) is 5.46. The average Bonchev–Trinajstić information content (AvgIpc) is 3.02. The highest BCUT2D eigenvalue weighted by Crippen LogP contribution is 2.30. The molecule has 0 spiro atoms. The Morgan fingerprint density at radius 2 is 1.75 bits per heavy atom. The van der Waals surface area contributed by atoms with Crippen molar-refractivity contribution in [2.75, 3.05) is 37.6 Å². The maximum Gasteiger partial charge on any atom is 0.453 e. The third-order valence-corrected chi connectivity index (χ3v) is 4.81. The number of rotatable bonds is 4. The number of halogens is 3. The Hall–Kier alpha value is -2.43. The number of carbonyl (C=O) groups is 1. The van der Waals surface area contributed by atoms with E-state index in [1.807, 2.05) is 30.6 Å². The van der Waals surface area contributed by atoms with E-state index in [1.54, 1.807) is 6.92 Å². The van der Waals surface area contributed by atoms with E-state index < -0.39 is 12.0 Å². The molecule has 11 heteroatoms. The molecule has 1 N–H and O–H groups in total. The summed E-state index contributed by atoms with van der Waals surface area (Å²) in [6, 6.07) is 0.0851. The third-order valence-electron chi connectivity index (χ3n) is 4.81. The zero-order valence-corrected chi connectivity index (χ0v) is 16.3. The van der Waals surface area contributed by atoms with E-state index in [9.17, 15) is 18.0 Å². The Morgan fingerprint density at radius 3 is 2.32 bits per heavy atom. The molecule has 154 valence electrons. The van der Waals surface area contributed by atoms with Gasteiger partial charge in [-0.2, -0.15) is 17.7 Å². The van der Waals surface area contributed by atoms with Gasteiger partial charge in [-0.15, -0.1) is 15.3 Å². The fraction of sp³-hybridized carbons (Fsp3) is 0.647. The molecular formula is C17H24F3N7O. The molecule has 1 aliphatic rings. The van der Waals surface area contributed by atoms with Gasteiger partial charge in [-0.1, -0.05) is 0 Å². The van der Waals surface area contributed by atoms with Crippen molar-refractivity contribution in [1.29, 1.82) is 0 Å². The molecule has 3 heterocycles. The number of amides is 1. The molecule has 2 aromatic heterocycles. The molecule has 0 atom stereocenters. The molecule has 1 saturated heterocycles. The number of carbonyl (C=O) groups excluding carboxylic acids is 1. The lowest BCUT2D eigenvalue weighted by molar-refractivity contribution is -0.146. The topological polar surface area (TPSA) is 78.7 Å². The van der Waals surface area contributed by atoms with Crippen LogP contribution >= 0.6 is 0 Å². The lowest BCUT2D eigenvalue weighted by Gasteiger charge is -2.35. The van der Waals surface area contributed by atoms with Crippen LogP contribution in [0.2, 0.25) is 0 Å². The first kappa shape index (κ1) is 20.3. The molecule has 0 saturated carbocycles. The zero-order chi connectivity index (χ0) is 20.6. The largest absolute Gasteiger partial charge is 0.453 e. The highest BCUT2D eigenvalue weighted by Gasteiger charge is 2.38. The summed E-state index contributed by atoms with van der Waals surface area (Å²) < 4.78 is 40.4. The maximum atomic E-state index is 13.2. The molecular weight excluding hydrogens is 375 g/mol. The van der Waals surface area contributed by atoms with Crippen LogP contribution in [0.3, 0.4) is 0 Å². The first-order chi connectivity index (χ1) is 13.1. The number of anilines is 1. The van der Waals surface area contributed by atoms with Crippen molar-refractivity contribution in [3.63, 3.8) is 0 Å². The molecule has 2 aromatic rings. The lowest BCUT2D eigenvalue weighted by atomic mass is 10.1. The molecule has 8 nitrogen and oxygen atoms in total. The van der Waals surface area contributed by atoms with Gasteiger partial charge in [0.2, 0.25) is 5.91 Å². The minimum atomic E-state index is -4.63. The van der Waals surface area contributed by atoms with Gasteiger partial charge in [-0.25, -0.2) is 0 Å². The van der Waals surface area contributed by atoms with Crippen molar-refractivity contribution in [2.45, 2.75) is 39.9 Å². The second kappa shape index (κ2) is 7.53. The molecule has 0 unspecified atom stereocenters. The van der Waals surface area contributed by atoms with Crippen LogP contribution < -0.4 is 10.2 Å². The number of aromatic nitrogens is 4. The number of nitrogens with zero attached hydrogens (tertiary/aromatic N) is 6. The molecule has 28 heavy (non-hydrogen) atoms. The van der Waals surface area contributed by atoms with E-state index in [2.05, 4.69) is 20.6 Å². The number of piperazine rings is 1. The van der Waals surface area contributed by atoms with Crippen LogP contribution in [0.1, 0.15) is 30.8 Å². The quantitative estimate of drug-likeness (QED) is 0.838. The Morgan fingerprint density at radius 1 is 1.11 bits per heavy atom. The van der Waals surface area contributed by atoms with E-state index in [-0.39, 0.29) is 17.6 Å². The van der Waals surface area contributed by atoms with Gasteiger partial charge in [-0.05, 0) is 27.7 Å². The molecule has 1 aliphatic heterocycles. The minimum Gasteiger partial charge on any atom is -0.353 e. The summed E-state index contributed by atoms with van der Waals surface area (Å²) in [5.74, 6) is -0.674. The summed E-state index contributed by atoms with van der Waals surface area (Å²) in [7, 11) is 0. The van der Waals surface area contributed by atoms with E-state index in [0.29, 0.717) is 44.1 Å². The van der Waals surface area contributed by atoms with Crippen LogP contribution in [0.5, 0.6) is 0 Å². The average molecular weight is 399 g/mol. The highest BCUT2D eigenvalue weighted by molar-refractivity contribution is 5.78. The van der Waals surface area contributed by atoms with Crippen molar-refractivity contribution in [3.8, 4) is 0 Å². The SMILES string of the molecule is Cc1c(N2CCN(CC(=O)NC(C)C)CC2)nn2c(C(F)(F)F)nnc2c1C. The molecule has 1 fully saturated rings. The molecule has 3 rings (SSSR count). The van der Waals surface area contributed by atoms with Crippen LogP contribution in [0.25, 0.3) is 5.65 Å². The van der Waals surface area contributed by atoms with Crippen molar-refractivity contribution in [1.82, 2.24) is 30.0 Å². The second-order valence-electron chi connectivity index (χ2n) is 7.32. The Balaban J connectivity index is 1.79. The van der Waals surface area contributed by atoms with Gasteiger partial charge >= 0.3 is 6.18 Å². The first-order valence-corrected chi connectivity index (χ1v) is 9.14. The molecule has 1 amide bonds. The van der Waals surface area contributed by atoms with E-state index in [0.717, 1.165) is 10.1 Å². The van der Waals surface area contributed by atoms with Crippen LogP contribution in [0.4, 0.5) is 19.0 Å². The van der Waals surface area contributed by atoms with Crippen molar-refractivity contribution in [3.05, 3.63) is 17.0 Å². The standard InChI is InChI=1S/C17H24F3N7O/c1-10(2)21-13(28)9-25-5-7-26(8-6-25)15-12(4)11(3)14-22-23-16(17(18,19)20)27(14)24-15/h10H,5-9H2,1-4H3,(H,21,28). The predicted octanol–water partition coefficient (Wildman–Crippen LogP) is 1.41. The smallest absolute Gasteiger partial charge is 0.353 e. The lowest BCUT2D eigenvalue weighted by Crippen LogP contribution is -2.50. The normalized spacial score (nSPS) is 16.2. The zero-order valence-electron chi connectivity index (χ0n) is 16.3.